The van der Waals surface area contributed by atoms with E-state index in [4.69, 9.17) is 0 Å². The standard InChI is InChI=1S/C32H30Si/c1-32(2,3)33(29-14-6-4-7-15-29,30-16-8-5-9-17-30)31-22-20-26(21-23-31)28-19-18-25-12-10-11-13-27(25)24-28/h4-24H,1-3H3. The van der Waals surface area contributed by atoms with E-state index < -0.39 is 8.07 Å². The predicted molar refractivity (Wildman–Crippen MR) is 147 cm³/mol. The van der Waals surface area contributed by atoms with Crippen molar-refractivity contribution < 1.29 is 0 Å². The van der Waals surface area contributed by atoms with Crippen molar-refractivity contribution in [3.05, 3.63) is 127 Å². The highest BCUT2D eigenvalue weighted by Gasteiger charge is 2.48. The molecule has 0 nitrogen and oxygen atoms in total. The molecule has 162 valence electrons. The molecule has 0 saturated carbocycles. The first-order chi connectivity index (χ1) is 16.0. The summed E-state index contributed by atoms with van der Waals surface area (Å²) in [6.07, 6.45) is 0. The maximum Gasteiger partial charge on any atom is 0.153 e. The Morgan fingerprint density at radius 3 is 1.42 bits per heavy atom. The number of hydrogen-bond donors (Lipinski definition) is 0. The van der Waals surface area contributed by atoms with Crippen LogP contribution >= 0.6 is 0 Å². The van der Waals surface area contributed by atoms with Crippen LogP contribution in [0.3, 0.4) is 0 Å². The molecule has 5 aromatic rings. The molecule has 0 aliphatic rings. The van der Waals surface area contributed by atoms with Crippen LogP contribution < -0.4 is 15.6 Å². The summed E-state index contributed by atoms with van der Waals surface area (Å²) in [7, 11) is -2.29. The van der Waals surface area contributed by atoms with E-state index in [0.717, 1.165) is 0 Å². The number of fused-ring (bicyclic) bond motifs is 1. The molecule has 0 aromatic heterocycles. The van der Waals surface area contributed by atoms with Gasteiger partial charge in [-0.3, -0.25) is 0 Å². The van der Waals surface area contributed by atoms with E-state index in [9.17, 15) is 0 Å². The van der Waals surface area contributed by atoms with Crippen LogP contribution in [0.25, 0.3) is 21.9 Å². The molecule has 1 heteroatoms. The Morgan fingerprint density at radius 1 is 0.424 bits per heavy atom. The van der Waals surface area contributed by atoms with Gasteiger partial charge in [-0.1, -0.05) is 142 Å². The smallest absolute Gasteiger partial charge is 0.0624 e. The second kappa shape index (κ2) is 8.50. The van der Waals surface area contributed by atoms with Gasteiger partial charge in [0.2, 0.25) is 0 Å². The van der Waals surface area contributed by atoms with Gasteiger partial charge in [0.05, 0.1) is 0 Å². The van der Waals surface area contributed by atoms with Gasteiger partial charge in [0.15, 0.2) is 8.07 Å². The molecule has 0 unspecified atom stereocenters. The summed E-state index contributed by atoms with van der Waals surface area (Å²) in [5, 5.41) is 7.04. The maximum atomic E-state index is 2.41. The van der Waals surface area contributed by atoms with E-state index in [2.05, 4.69) is 148 Å². The van der Waals surface area contributed by atoms with Gasteiger partial charge < -0.3 is 0 Å². The predicted octanol–water partition coefficient (Wildman–Crippen LogP) is 6.78. The third-order valence-corrected chi connectivity index (χ3v) is 12.8. The fourth-order valence-electron chi connectivity index (χ4n) is 5.46. The molecule has 0 atom stereocenters. The van der Waals surface area contributed by atoms with Crippen LogP contribution in [-0.4, -0.2) is 8.07 Å². The molecular formula is C32H30Si. The van der Waals surface area contributed by atoms with Gasteiger partial charge >= 0.3 is 0 Å². The van der Waals surface area contributed by atoms with E-state index in [1.54, 1.807) is 0 Å². The van der Waals surface area contributed by atoms with Crippen molar-refractivity contribution in [2.75, 3.05) is 0 Å². The molecule has 0 heterocycles. The fraction of sp³-hybridized carbons (Fsp3) is 0.125. The van der Waals surface area contributed by atoms with E-state index in [1.165, 1.54) is 37.5 Å². The summed E-state index contributed by atoms with van der Waals surface area (Å²) >= 11 is 0. The maximum absolute atomic E-state index is 2.41. The summed E-state index contributed by atoms with van der Waals surface area (Å²) in [4.78, 5) is 0. The van der Waals surface area contributed by atoms with Crippen LogP contribution in [0.4, 0.5) is 0 Å². The summed E-state index contributed by atoms with van der Waals surface area (Å²) in [6.45, 7) is 7.24. The van der Waals surface area contributed by atoms with Gasteiger partial charge in [0.1, 0.15) is 0 Å². The van der Waals surface area contributed by atoms with Crippen molar-refractivity contribution in [3.8, 4) is 11.1 Å². The Bertz CT molecular complexity index is 1320. The first kappa shape index (κ1) is 21.4. The van der Waals surface area contributed by atoms with E-state index in [0.29, 0.717) is 0 Å². The van der Waals surface area contributed by atoms with Crippen LogP contribution in [0.2, 0.25) is 5.04 Å². The second-order valence-corrected chi connectivity index (χ2v) is 14.6. The van der Waals surface area contributed by atoms with Gasteiger partial charge in [-0.15, -0.1) is 0 Å². The lowest BCUT2D eigenvalue weighted by Crippen LogP contribution is -2.72. The number of hydrogen-bond acceptors (Lipinski definition) is 0. The summed E-state index contributed by atoms with van der Waals surface area (Å²) in [6, 6.07) is 47.1. The lowest BCUT2D eigenvalue weighted by atomic mass is 10.0. The van der Waals surface area contributed by atoms with Crippen LogP contribution in [0.15, 0.2) is 127 Å². The van der Waals surface area contributed by atoms with Gasteiger partial charge in [0, 0.05) is 0 Å². The minimum atomic E-state index is -2.29. The van der Waals surface area contributed by atoms with E-state index >= 15 is 0 Å². The quantitative estimate of drug-likeness (QED) is 0.213. The monoisotopic (exact) mass is 442 g/mol. The zero-order valence-electron chi connectivity index (χ0n) is 19.6. The third kappa shape index (κ3) is 3.73. The van der Waals surface area contributed by atoms with Crippen molar-refractivity contribution >= 4 is 34.4 Å². The van der Waals surface area contributed by atoms with Crippen molar-refractivity contribution in [1.82, 2.24) is 0 Å². The molecule has 0 aliphatic carbocycles. The first-order valence-corrected chi connectivity index (χ1v) is 13.7. The average Bonchev–Trinajstić information content (AvgIpc) is 2.85. The zero-order chi connectivity index (χ0) is 22.9. The van der Waals surface area contributed by atoms with Gasteiger partial charge in [0.25, 0.3) is 0 Å². The molecule has 5 aromatic carbocycles. The highest BCUT2D eigenvalue weighted by Crippen LogP contribution is 2.36. The molecule has 0 radical (unpaired) electrons. The van der Waals surface area contributed by atoms with E-state index in [-0.39, 0.29) is 5.04 Å². The number of benzene rings is 5. The second-order valence-electron chi connectivity index (χ2n) is 9.87. The average molecular weight is 443 g/mol. The van der Waals surface area contributed by atoms with Crippen LogP contribution in [0, 0.1) is 0 Å². The Hall–Kier alpha value is -3.42. The highest BCUT2D eigenvalue weighted by atomic mass is 28.3. The van der Waals surface area contributed by atoms with Gasteiger partial charge in [-0.25, -0.2) is 0 Å². The van der Waals surface area contributed by atoms with Crippen LogP contribution in [0.1, 0.15) is 20.8 Å². The largest absolute Gasteiger partial charge is 0.153 e. The molecule has 0 amide bonds. The Labute approximate surface area is 198 Å². The van der Waals surface area contributed by atoms with Crippen LogP contribution in [-0.2, 0) is 0 Å². The first-order valence-electron chi connectivity index (χ1n) is 11.7. The van der Waals surface area contributed by atoms with Crippen molar-refractivity contribution in [3.63, 3.8) is 0 Å². The molecule has 0 bridgehead atoms. The SMILES string of the molecule is CC(C)(C)[Si](c1ccccc1)(c1ccccc1)c1ccc(-c2ccc3ccccc3c2)cc1. The van der Waals surface area contributed by atoms with Crippen molar-refractivity contribution in [2.24, 2.45) is 0 Å². The lowest BCUT2D eigenvalue weighted by Gasteiger charge is -2.44. The van der Waals surface area contributed by atoms with E-state index in [1.807, 2.05) is 0 Å². The normalized spacial score (nSPS) is 12.1. The zero-order valence-corrected chi connectivity index (χ0v) is 20.6. The van der Waals surface area contributed by atoms with Gasteiger partial charge in [-0.05, 0) is 48.6 Å². The molecule has 0 N–H and O–H groups in total. The summed E-state index contributed by atoms with van der Waals surface area (Å²) in [5.74, 6) is 0. The van der Waals surface area contributed by atoms with Gasteiger partial charge in [-0.2, -0.15) is 0 Å². The Kier molecular flexibility index (Phi) is 5.52. The summed E-state index contributed by atoms with van der Waals surface area (Å²) < 4.78 is 0. The molecule has 33 heavy (non-hydrogen) atoms. The minimum Gasteiger partial charge on any atom is -0.0624 e. The summed E-state index contributed by atoms with van der Waals surface area (Å²) in [5.41, 5.74) is 2.53. The van der Waals surface area contributed by atoms with Crippen molar-refractivity contribution in [1.29, 1.82) is 0 Å². The minimum absolute atomic E-state index is 0.0974. The molecular weight excluding hydrogens is 412 g/mol. The molecule has 0 spiro atoms. The molecule has 0 saturated heterocycles. The molecule has 5 rings (SSSR count). The van der Waals surface area contributed by atoms with Crippen molar-refractivity contribution in [2.45, 2.75) is 25.8 Å². The molecule has 0 aliphatic heterocycles. The highest BCUT2D eigenvalue weighted by molar-refractivity contribution is 7.13. The van der Waals surface area contributed by atoms with Crippen LogP contribution in [0.5, 0.6) is 0 Å². The number of rotatable bonds is 4. The topological polar surface area (TPSA) is 0 Å². The fourth-order valence-corrected chi connectivity index (χ4v) is 11.1. The third-order valence-electron chi connectivity index (χ3n) is 6.94. The molecule has 0 fully saturated rings. The Morgan fingerprint density at radius 2 is 0.879 bits per heavy atom. The lowest BCUT2D eigenvalue weighted by molar-refractivity contribution is 0.739. The Balaban J connectivity index is 1.69.